The summed E-state index contributed by atoms with van der Waals surface area (Å²) in [5, 5.41) is 9.77. The van der Waals surface area contributed by atoms with Crippen molar-refractivity contribution in [2.45, 2.75) is 37.9 Å². The van der Waals surface area contributed by atoms with E-state index in [-0.39, 0.29) is 12.2 Å². The molecule has 1 fully saturated rings. The van der Waals surface area contributed by atoms with Crippen LogP contribution in [0.15, 0.2) is 11.6 Å². The molecule has 6 heteroatoms. The molecule has 2 rings (SSSR count). The highest BCUT2D eigenvalue weighted by Gasteiger charge is 2.49. The molecule has 0 aromatic carbocycles. The molecular formula is C9H14BO4S. The number of aliphatic hydroxyl groups excluding tert-OH is 1. The number of fused-ring (bicyclic) bond motifs is 1. The molecule has 0 spiro atoms. The van der Waals surface area contributed by atoms with Gasteiger partial charge in [0.15, 0.2) is 5.79 Å². The van der Waals surface area contributed by atoms with Gasteiger partial charge in [0, 0.05) is 0 Å². The minimum absolute atomic E-state index is 0.240. The maximum atomic E-state index is 9.77. The van der Waals surface area contributed by atoms with E-state index in [1.807, 2.05) is 13.8 Å². The lowest BCUT2D eigenvalue weighted by Gasteiger charge is -2.18. The predicted octanol–water partition coefficient (Wildman–Crippen LogP) is 0.288. The van der Waals surface area contributed by atoms with Crippen LogP contribution >= 0.6 is 11.9 Å². The summed E-state index contributed by atoms with van der Waals surface area (Å²) in [6.45, 7) is 3.98. The molecule has 1 aliphatic carbocycles. The third-order valence-corrected chi connectivity index (χ3v) is 2.76. The van der Waals surface area contributed by atoms with E-state index in [1.54, 1.807) is 6.08 Å². The van der Waals surface area contributed by atoms with Crippen LogP contribution in [-0.4, -0.2) is 44.2 Å². The Morgan fingerprint density at radius 2 is 2.53 bits per heavy atom. The van der Waals surface area contributed by atoms with Crippen LogP contribution in [0.2, 0.25) is 0 Å². The first-order chi connectivity index (χ1) is 7.53. The van der Waals surface area contributed by atoms with E-state index in [2.05, 4.69) is 0 Å². The van der Waals surface area contributed by atoms with Gasteiger partial charge in [0.05, 0.1) is 6.61 Å². The van der Waals surface area contributed by atoms with Crippen molar-refractivity contribution in [2.24, 2.45) is 0 Å². The van der Waals surface area contributed by atoms with Crippen molar-refractivity contribution in [1.29, 1.82) is 1.34 Å². The fourth-order valence-corrected chi connectivity index (χ4v) is 2.17. The average molecular weight is 231 g/mol. The number of hydrogen-bond acceptors (Lipinski definition) is 5. The lowest BCUT2D eigenvalue weighted by Crippen LogP contribution is -2.29. The van der Waals surface area contributed by atoms with Gasteiger partial charge >= 0.3 is 0 Å². The van der Waals surface area contributed by atoms with Crippen molar-refractivity contribution >= 4 is 19.0 Å². The van der Waals surface area contributed by atoms with Crippen LogP contribution in [0, 0.1) is 0 Å². The first-order valence-corrected chi connectivity index (χ1v) is 5.56. The highest BCUT2D eigenvalue weighted by Crippen LogP contribution is 2.38. The Morgan fingerprint density at radius 3 is 3.27 bits per heavy atom. The van der Waals surface area contributed by atoms with E-state index < -0.39 is 11.9 Å². The third-order valence-electron chi connectivity index (χ3n) is 2.51. The second kappa shape index (κ2) is 4.10. The Bertz CT molecular complexity index is 299. The normalized spacial score (nSPS) is 38.5. The molecule has 1 radical (unpaired) electrons. The summed E-state index contributed by atoms with van der Waals surface area (Å²) < 4.78 is 23.2. The second-order valence-electron chi connectivity index (χ2n) is 4.11. The van der Waals surface area contributed by atoms with Crippen molar-refractivity contribution < 1.29 is 18.8 Å². The van der Waals surface area contributed by atoms with Gasteiger partial charge < -0.3 is 18.8 Å². The molecule has 1 heterocycles. The van der Waals surface area contributed by atoms with Crippen molar-refractivity contribution in [3.05, 3.63) is 11.6 Å². The van der Waals surface area contributed by atoms with E-state index in [9.17, 15) is 5.11 Å². The Balaban J connectivity index is 1.97. The molecule has 83 valence electrons. The molecule has 0 saturated carbocycles. The minimum Gasteiger partial charge on any atom is -0.386 e. The van der Waals surface area contributed by atoms with Gasteiger partial charge in [0.25, 0.3) is 0 Å². The SMILES string of the molecule is [3H][B]SOCC1=C[C@H](O)[C@@H]2OC(C)(C)O[C@H]12. The first kappa shape index (κ1) is 10.2. The Labute approximate surface area is 95.8 Å². The fraction of sp³-hybridized carbons (Fsp3) is 0.778. The second-order valence-corrected chi connectivity index (χ2v) is 4.54. The maximum Gasteiger partial charge on any atom is 0.209 e. The van der Waals surface area contributed by atoms with Crippen molar-refractivity contribution in [1.82, 2.24) is 0 Å². The molecule has 3 atom stereocenters. The van der Waals surface area contributed by atoms with E-state index >= 15 is 0 Å². The Morgan fingerprint density at radius 1 is 1.73 bits per heavy atom. The van der Waals surface area contributed by atoms with Crippen LogP contribution in [-0.2, 0) is 13.7 Å². The molecule has 1 saturated heterocycles. The zero-order valence-electron chi connectivity index (χ0n) is 9.67. The fourth-order valence-electron chi connectivity index (χ4n) is 1.97. The first-order valence-electron chi connectivity index (χ1n) is 5.34. The monoisotopic (exact) mass is 231 g/mol. The van der Waals surface area contributed by atoms with Crippen LogP contribution in [0.3, 0.4) is 0 Å². The number of rotatable bonds is 4. The van der Waals surface area contributed by atoms with Gasteiger partial charge in [-0.15, -0.1) is 0 Å². The molecule has 0 bridgehead atoms. The summed E-state index contributed by atoms with van der Waals surface area (Å²) in [7, 11) is 1.11. The minimum atomic E-state index is -0.662. The quantitative estimate of drug-likeness (QED) is 0.326. The summed E-state index contributed by atoms with van der Waals surface area (Å²) in [6, 6.07) is 0. The number of hydrogen-bond donors (Lipinski definition) is 1. The highest BCUT2D eigenvalue weighted by molar-refractivity contribution is 8.15. The zero-order valence-corrected chi connectivity index (χ0v) is 9.49. The number of aliphatic hydroxyl groups is 1. The van der Waals surface area contributed by atoms with E-state index in [1.165, 1.54) is 0 Å². The molecule has 4 nitrogen and oxygen atoms in total. The Kier molecular flexibility index (Phi) is 2.78. The lowest BCUT2D eigenvalue weighted by molar-refractivity contribution is -0.153. The van der Waals surface area contributed by atoms with Crippen molar-refractivity contribution in [3.63, 3.8) is 0 Å². The molecule has 1 N–H and O–H groups in total. The Hall–Kier alpha value is -0.00506. The number of ether oxygens (including phenoxy) is 2. The van der Waals surface area contributed by atoms with Crippen molar-refractivity contribution in [2.75, 3.05) is 6.61 Å². The summed E-state index contributed by atoms with van der Waals surface area (Å²) in [4.78, 5) is 0. The van der Waals surface area contributed by atoms with Crippen LogP contribution in [0.1, 0.15) is 13.8 Å². The zero-order chi connectivity index (χ0) is 11.8. The average Bonchev–Trinajstić information content (AvgIpc) is 2.64. The molecule has 0 aromatic heterocycles. The van der Waals surface area contributed by atoms with Crippen LogP contribution in [0.4, 0.5) is 0 Å². The maximum absolute atomic E-state index is 9.77. The summed E-state index contributed by atoms with van der Waals surface area (Å²) in [5.41, 5.74) is 0.873. The molecule has 0 unspecified atom stereocenters. The van der Waals surface area contributed by atoms with E-state index in [4.69, 9.17) is 15.0 Å². The van der Waals surface area contributed by atoms with Gasteiger partial charge in [-0.1, -0.05) is 11.9 Å². The molecule has 0 aromatic rings. The lowest BCUT2D eigenvalue weighted by atomic mass is 10.1. The van der Waals surface area contributed by atoms with Crippen LogP contribution in [0.25, 0.3) is 0 Å². The van der Waals surface area contributed by atoms with Gasteiger partial charge in [-0.05, 0) is 26.8 Å². The largest absolute Gasteiger partial charge is 0.386 e. The van der Waals surface area contributed by atoms with Crippen molar-refractivity contribution in [3.8, 4) is 0 Å². The smallest absolute Gasteiger partial charge is 0.209 e. The van der Waals surface area contributed by atoms with Gasteiger partial charge in [-0.3, -0.25) is 0 Å². The van der Waals surface area contributed by atoms with E-state index in [0.717, 1.165) is 24.6 Å². The van der Waals surface area contributed by atoms with E-state index in [0.29, 0.717) is 6.61 Å². The summed E-state index contributed by atoms with van der Waals surface area (Å²) in [5.74, 6) is -0.662. The van der Waals surface area contributed by atoms with Crippen LogP contribution < -0.4 is 0 Å². The summed E-state index contributed by atoms with van der Waals surface area (Å²) >= 11 is 0.953. The molecule has 2 aliphatic rings. The highest BCUT2D eigenvalue weighted by atomic mass is 32.2. The van der Waals surface area contributed by atoms with Gasteiger partial charge in [-0.2, -0.15) is 0 Å². The van der Waals surface area contributed by atoms with Crippen LogP contribution in [0.5, 0.6) is 0 Å². The third kappa shape index (κ3) is 2.24. The van der Waals surface area contributed by atoms with Gasteiger partial charge in [0.1, 0.15) is 18.3 Å². The van der Waals surface area contributed by atoms with Gasteiger partial charge in [0.2, 0.25) is 7.09 Å². The molecule has 0 amide bonds. The standard InChI is InChI=1S/C9H14BO4S/c1-9(2)13-7-5(4-12-15-10)3-6(11)8(7)14-9/h3,6-8,10-11H,4H2,1-2H3/t6-,7+,8-/m0/s1/i10T. The topological polar surface area (TPSA) is 47.9 Å². The summed E-state index contributed by atoms with van der Waals surface area (Å²) in [6.07, 6.45) is 0.486. The molecular weight excluding hydrogens is 215 g/mol. The van der Waals surface area contributed by atoms with Gasteiger partial charge in [-0.25, -0.2) is 0 Å². The molecule has 1 aliphatic heterocycles. The molecule has 15 heavy (non-hydrogen) atoms. The predicted molar refractivity (Wildman–Crippen MR) is 58.6 cm³/mol.